The SMILES string of the molecule is Cc1cc(C)nc(SCC(=O)NCc2cccnc2)n1. The minimum Gasteiger partial charge on any atom is -0.351 e. The summed E-state index contributed by atoms with van der Waals surface area (Å²) in [6, 6.07) is 5.68. The first-order valence-electron chi connectivity index (χ1n) is 6.24. The Morgan fingerprint density at radius 2 is 2.05 bits per heavy atom. The molecule has 2 aromatic heterocycles. The molecular weight excluding hydrogens is 272 g/mol. The molecule has 104 valence electrons. The molecule has 2 rings (SSSR count). The second-order valence-electron chi connectivity index (χ2n) is 4.36. The Morgan fingerprint density at radius 3 is 2.70 bits per heavy atom. The molecule has 2 heterocycles. The molecule has 1 N–H and O–H groups in total. The molecule has 0 saturated heterocycles. The molecule has 0 radical (unpaired) electrons. The van der Waals surface area contributed by atoms with Crippen molar-refractivity contribution in [3.05, 3.63) is 47.5 Å². The van der Waals surface area contributed by atoms with Crippen molar-refractivity contribution in [3.8, 4) is 0 Å². The maximum atomic E-state index is 11.8. The number of pyridine rings is 1. The van der Waals surface area contributed by atoms with E-state index in [9.17, 15) is 4.79 Å². The second-order valence-corrected chi connectivity index (χ2v) is 5.30. The van der Waals surface area contributed by atoms with E-state index in [2.05, 4.69) is 20.3 Å². The average Bonchev–Trinajstić information content (AvgIpc) is 2.43. The molecular formula is C14H16N4OS. The van der Waals surface area contributed by atoms with Crippen molar-refractivity contribution in [1.82, 2.24) is 20.3 Å². The zero-order valence-electron chi connectivity index (χ0n) is 11.5. The first-order chi connectivity index (χ1) is 9.63. The molecule has 5 nitrogen and oxygen atoms in total. The molecule has 0 aromatic carbocycles. The van der Waals surface area contributed by atoms with Crippen LogP contribution in [0, 0.1) is 13.8 Å². The summed E-state index contributed by atoms with van der Waals surface area (Å²) in [6.45, 7) is 4.32. The van der Waals surface area contributed by atoms with Gasteiger partial charge in [0.05, 0.1) is 5.75 Å². The Kier molecular flexibility index (Phi) is 5.06. The van der Waals surface area contributed by atoms with Crippen molar-refractivity contribution < 1.29 is 4.79 Å². The summed E-state index contributed by atoms with van der Waals surface area (Å²) in [6.07, 6.45) is 3.44. The predicted molar refractivity (Wildman–Crippen MR) is 78.3 cm³/mol. The molecule has 0 aliphatic rings. The topological polar surface area (TPSA) is 67.8 Å². The normalized spacial score (nSPS) is 10.3. The lowest BCUT2D eigenvalue weighted by Crippen LogP contribution is -2.24. The number of nitrogens with one attached hydrogen (secondary N) is 1. The minimum atomic E-state index is -0.0402. The quantitative estimate of drug-likeness (QED) is 0.672. The minimum absolute atomic E-state index is 0.0402. The molecule has 0 bridgehead atoms. The van der Waals surface area contributed by atoms with Crippen LogP contribution < -0.4 is 5.32 Å². The van der Waals surface area contributed by atoms with E-state index in [-0.39, 0.29) is 5.91 Å². The summed E-state index contributed by atoms with van der Waals surface area (Å²) >= 11 is 1.34. The lowest BCUT2D eigenvalue weighted by molar-refractivity contribution is -0.118. The molecule has 0 atom stereocenters. The van der Waals surface area contributed by atoms with Crippen LogP contribution in [0.3, 0.4) is 0 Å². The van der Waals surface area contributed by atoms with Gasteiger partial charge in [-0.2, -0.15) is 0 Å². The summed E-state index contributed by atoms with van der Waals surface area (Å²) in [7, 11) is 0. The summed E-state index contributed by atoms with van der Waals surface area (Å²) in [5.74, 6) is 0.269. The van der Waals surface area contributed by atoms with Gasteiger partial charge in [0.1, 0.15) is 0 Å². The van der Waals surface area contributed by atoms with Crippen LogP contribution in [0.1, 0.15) is 17.0 Å². The lowest BCUT2D eigenvalue weighted by Gasteiger charge is -2.05. The first kappa shape index (κ1) is 14.5. The Labute approximate surface area is 122 Å². The number of rotatable bonds is 5. The van der Waals surface area contributed by atoms with Crippen molar-refractivity contribution >= 4 is 17.7 Å². The summed E-state index contributed by atoms with van der Waals surface area (Å²) in [4.78, 5) is 24.3. The fourth-order valence-electron chi connectivity index (χ4n) is 1.64. The Balaban J connectivity index is 1.80. The van der Waals surface area contributed by atoms with E-state index in [1.807, 2.05) is 32.0 Å². The van der Waals surface area contributed by atoms with E-state index in [0.717, 1.165) is 17.0 Å². The molecule has 0 fully saturated rings. The lowest BCUT2D eigenvalue weighted by atomic mass is 10.3. The van der Waals surface area contributed by atoms with Gasteiger partial charge in [-0.1, -0.05) is 17.8 Å². The molecule has 6 heteroatoms. The van der Waals surface area contributed by atoms with E-state index in [1.165, 1.54) is 11.8 Å². The number of carbonyl (C=O) groups is 1. The smallest absolute Gasteiger partial charge is 0.230 e. The van der Waals surface area contributed by atoms with E-state index in [4.69, 9.17) is 0 Å². The van der Waals surface area contributed by atoms with Gasteiger partial charge in [-0.25, -0.2) is 9.97 Å². The highest BCUT2D eigenvalue weighted by atomic mass is 32.2. The molecule has 20 heavy (non-hydrogen) atoms. The van der Waals surface area contributed by atoms with Crippen LogP contribution in [0.2, 0.25) is 0 Å². The second kappa shape index (κ2) is 7.00. The van der Waals surface area contributed by atoms with Crippen LogP contribution in [-0.2, 0) is 11.3 Å². The number of amides is 1. The van der Waals surface area contributed by atoms with E-state index in [1.54, 1.807) is 12.4 Å². The number of aryl methyl sites for hydroxylation is 2. The zero-order valence-corrected chi connectivity index (χ0v) is 12.3. The van der Waals surface area contributed by atoms with Crippen molar-refractivity contribution in [1.29, 1.82) is 0 Å². The van der Waals surface area contributed by atoms with Gasteiger partial charge in [0.15, 0.2) is 5.16 Å². The van der Waals surface area contributed by atoms with E-state index in [0.29, 0.717) is 17.5 Å². The third kappa shape index (κ3) is 4.62. The van der Waals surface area contributed by atoms with Crippen molar-refractivity contribution in [2.45, 2.75) is 25.5 Å². The molecule has 1 amide bonds. The predicted octanol–water partition coefficient (Wildman–Crippen LogP) is 1.90. The molecule has 2 aromatic rings. The number of hydrogen-bond acceptors (Lipinski definition) is 5. The van der Waals surface area contributed by atoms with Crippen molar-refractivity contribution in [2.24, 2.45) is 0 Å². The van der Waals surface area contributed by atoms with Crippen LogP contribution in [0.4, 0.5) is 0 Å². The molecule has 0 aliphatic heterocycles. The highest BCUT2D eigenvalue weighted by Gasteiger charge is 2.06. The largest absolute Gasteiger partial charge is 0.351 e. The van der Waals surface area contributed by atoms with E-state index < -0.39 is 0 Å². The van der Waals surface area contributed by atoms with Gasteiger partial charge in [0.2, 0.25) is 5.91 Å². The van der Waals surface area contributed by atoms with Crippen LogP contribution in [0.25, 0.3) is 0 Å². The highest BCUT2D eigenvalue weighted by Crippen LogP contribution is 2.13. The number of nitrogens with zero attached hydrogens (tertiary/aromatic N) is 3. The van der Waals surface area contributed by atoms with E-state index >= 15 is 0 Å². The Hall–Kier alpha value is -1.95. The Morgan fingerprint density at radius 1 is 1.30 bits per heavy atom. The van der Waals surface area contributed by atoms with Gasteiger partial charge in [0, 0.05) is 30.3 Å². The first-order valence-corrected chi connectivity index (χ1v) is 7.23. The fourth-order valence-corrected chi connectivity index (χ4v) is 2.42. The Bertz CT molecular complexity index is 569. The maximum absolute atomic E-state index is 11.8. The molecule has 0 aliphatic carbocycles. The number of carbonyl (C=O) groups excluding carboxylic acids is 1. The van der Waals surface area contributed by atoms with Gasteiger partial charge in [-0.15, -0.1) is 0 Å². The maximum Gasteiger partial charge on any atom is 0.230 e. The number of thioether (sulfide) groups is 1. The van der Waals surface area contributed by atoms with Gasteiger partial charge < -0.3 is 5.32 Å². The van der Waals surface area contributed by atoms with Gasteiger partial charge in [-0.3, -0.25) is 9.78 Å². The molecule has 0 saturated carbocycles. The highest BCUT2D eigenvalue weighted by molar-refractivity contribution is 7.99. The van der Waals surface area contributed by atoms with Gasteiger partial charge in [-0.05, 0) is 31.5 Å². The van der Waals surface area contributed by atoms with Crippen molar-refractivity contribution in [3.63, 3.8) is 0 Å². The summed E-state index contributed by atoms with van der Waals surface area (Å²) in [5, 5.41) is 3.48. The zero-order chi connectivity index (χ0) is 14.4. The monoisotopic (exact) mass is 288 g/mol. The average molecular weight is 288 g/mol. The number of aromatic nitrogens is 3. The summed E-state index contributed by atoms with van der Waals surface area (Å²) < 4.78 is 0. The summed E-state index contributed by atoms with van der Waals surface area (Å²) in [5.41, 5.74) is 2.81. The molecule has 0 unspecified atom stereocenters. The van der Waals surface area contributed by atoms with Gasteiger partial charge in [0.25, 0.3) is 0 Å². The van der Waals surface area contributed by atoms with Crippen molar-refractivity contribution in [2.75, 3.05) is 5.75 Å². The third-order valence-electron chi connectivity index (χ3n) is 2.51. The standard InChI is InChI=1S/C14H16N4OS/c1-10-6-11(2)18-14(17-10)20-9-13(19)16-8-12-4-3-5-15-7-12/h3-7H,8-9H2,1-2H3,(H,16,19). The van der Waals surface area contributed by atoms with Crippen LogP contribution in [-0.4, -0.2) is 26.6 Å². The van der Waals surface area contributed by atoms with Gasteiger partial charge >= 0.3 is 0 Å². The van der Waals surface area contributed by atoms with Crippen LogP contribution in [0.5, 0.6) is 0 Å². The van der Waals surface area contributed by atoms with Crippen LogP contribution >= 0.6 is 11.8 Å². The fraction of sp³-hybridized carbons (Fsp3) is 0.286. The van der Waals surface area contributed by atoms with Crippen LogP contribution in [0.15, 0.2) is 35.7 Å². The third-order valence-corrected chi connectivity index (χ3v) is 3.35. The molecule has 0 spiro atoms. The number of hydrogen-bond donors (Lipinski definition) is 1.